The zero-order valence-corrected chi connectivity index (χ0v) is 19.1. The number of esters is 1. The molecule has 0 atom stereocenters. The van der Waals surface area contributed by atoms with E-state index in [-0.39, 0.29) is 10.9 Å². The number of amides is 1. The predicted octanol–water partition coefficient (Wildman–Crippen LogP) is 3.73. The Morgan fingerprint density at radius 2 is 1.83 bits per heavy atom. The van der Waals surface area contributed by atoms with Gasteiger partial charge in [-0.1, -0.05) is 6.42 Å². The fraction of sp³-hybridized carbons (Fsp3) is 0.500. The van der Waals surface area contributed by atoms with E-state index in [2.05, 4.69) is 10.0 Å². The van der Waals surface area contributed by atoms with Crippen LogP contribution in [0.1, 0.15) is 71.4 Å². The number of anilines is 1. The van der Waals surface area contributed by atoms with Crippen LogP contribution in [0.4, 0.5) is 5.00 Å². The number of furan rings is 1. The van der Waals surface area contributed by atoms with Crippen molar-refractivity contribution in [1.29, 1.82) is 0 Å². The standard InChI is InChI=1S/C20H26N2O6S2/c1-20(2,3)22-30(25,26)15-11-10-13(28-15)17(23)21-18-16(19(24)27-4)12-8-6-5-7-9-14(12)29-18/h10-11,22H,5-9H2,1-4H3,(H,21,23). The summed E-state index contributed by atoms with van der Waals surface area (Å²) < 4.78 is 37.5. The third kappa shape index (κ3) is 4.93. The van der Waals surface area contributed by atoms with Gasteiger partial charge >= 0.3 is 5.97 Å². The molecule has 0 saturated carbocycles. The Bertz CT molecular complexity index is 1060. The van der Waals surface area contributed by atoms with Crippen molar-refractivity contribution in [3.8, 4) is 0 Å². The summed E-state index contributed by atoms with van der Waals surface area (Å²) in [5.74, 6) is -1.29. The molecule has 3 rings (SSSR count). The van der Waals surface area contributed by atoms with Crippen LogP contribution in [-0.4, -0.2) is 32.9 Å². The van der Waals surface area contributed by atoms with Gasteiger partial charge in [0.05, 0.1) is 12.7 Å². The minimum Gasteiger partial charge on any atom is -0.465 e. The Morgan fingerprint density at radius 3 is 2.50 bits per heavy atom. The predicted molar refractivity (Wildman–Crippen MR) is 114 cm³/mol. The lowest BCUT2D eigenvalue weighted by atomic mass is 10.1. The van der Waals surface area contributed by atoms with Crippen molar-refractivity contribution in [1.82, 2.24) is 4.72 Å². The number of rotatable bonds is 5. The van der Waals surface area contributed by atoms with E-state index in [0.717, 1.165) is 42.5 Å². The SMILES string of the molecule is COC(=O)c1c(NC(=O)c2ccc(S(=O)(=O)NC(C)(C)C)o2)sc2c1CCCCC2. The van der Waals surface area contributed by atoms with Crippen LogP contribution in [0.25, 0.3) is 0 Å². The summed E-state index contributed by atoms with van der Waals surface area (Å²) >= 11 is 1.36. The van der Waals surface area contributed by atoms with E-state index < -0.39 is 27.4 Å². The van der Waals surface area contributed by atoms with Gasteiger partial charge in [-0.3, -0.25) is 4.79 Å². The van der Waals surface area contributed by atoms with Gasteiger partial charge < -0.3 is 14.5 Å². The summed E-state index contributed by atoms with van der Waals surface area (Å²) in [5, 5.41) is 2.75. The number of carbonyl (C=O) groups is 2. The van der Waals surface area contributed by atoms with Gasteiger partial charge in [-0.15, -0.1) is 11.3 Å². The van der Waals surface area contributed by atoms with Gasteiger partial charge in [0.1, 0.15) is 5.00 Å². The number of fused-ring (bicyclic) bond motifs is 1. The van der Waals surface area contributed by atoms with Crippen LogP contribution in [0, 0.1) is 0 Å². The lowest BCUT2D eigenvalue weighted by molar-refractivity contribution is 0.0601. The maximum absolute atomic E-state index is 12.7. The number of hydrogen-bond acceptors (Lipinski definition) is 7. The summed E-state index contributed by atoms with van der Waals surface area (Å²) in [5.41, 5.74) is 0.608. The smallest absolute Gasteiger partial charge is 0.341 e. The zero-order valence-electron chi connectivity index (χ0n) is 17.5. The first kappa shape index (κ1) is 22.5. The molecule has 2 aromatic heterocycles. The van der Waals surface area contributed by atoms with Gasteiger partial charge in [0, 0.05) is 10.4 Å². The van der Waals surface area contributed by atoms with Crippen LogP contribution in [0.15, 0.2) is 21.6 Å². The molecule has 0 aromatic carbocycles. The Hall–Kier alpha value is -2.17. The summed E-state index contributed by atoms with van der Waals surface area (Å²) in [4.78, 5) is 26.2. The van der Waals surface area contributed by atoms with Crippen molar-refractivity contribution in [3.63, 3.8) is 0 Å². The van der Waals surface area contributed by atoms with Gasteiger partial charge in [-0.25, -0.2) is 17.9 Å². The molecule has 2 aromatic rings. The molecule has 30 heavy (non-hydrogen) atoms. The molecule has 1 aliphatic rings. The van der Waals surface area contributed by atoms with E-state index >= 15 is 0 Å². The van der Waals surface area contributed by atoms with Gasteiger partial charge in [0.25, 0.3) is 15.9 Å². The maximum atomic E-state index is 12.7. The highest BCUT2D eigenvalue weighted by molar-refractivity contribution is 7.89. The molecule has 0 unspecified atom stereocenters. The molecule has 2 N–H and O–H groups in total. The zero-order chi connectivity index (χ0) is 22.1. The Labute approximate surface area is 180 Å². The van der Waals surface area contributed by atoms with Crippen molar-refractivity contribution < 1.29 is 27.2 Å². The van der Waals surface area contributed by atoms with Crippen molar-refractivity contribution >= 4 is 38.2 Å². The Morgan fingerprint density at radius 1 is 1.13 bits per heavy atom. The first-order chi connectivity index (χ1) is 14.0. The minimum atomic E-state index is -3.90. The van der Waals surface area contributed by atoms with Crippen molar-refractivity contribution in [2.24, 2.45) is 0 Å². The van der Waals surface area contributed by atoms with E-state index in [4.69, 9.17) is 9.15 Å². The Balaban J connectivity index is 1.87. The van der Waals surface area contributed by atoms with Gasteiger partial charge in [0.2, 0.25) is 5.09 Å². The number of nitrogens with one attached hydrogen (secondary N) is 2. The lowest BCUT2D eigenvalue weighted by Gasteiger charge is -2.18. The minimum absolute atomic E-state index is 0.163. The average Bonchev–Trinajstić information content (AvgIpc) is 3.19. The first-order valence-electron chi connectivity index (χ1n) is 9.70. The molecular formula is C20H26N2O6S2. The highest BCUT2D eigenvalue weighted by atomic mass is 32.2. The van der Waals surface area contributed by atoms with Gasteiger partial charge in [-0.2, -0.15) is 0 Å². The third-order valence-electron chi connectivity index (χ3n) is 4.55. The van der Waals surface area contributed by atoms with E-state index in [9.17, 15) is 18.0 Å². The largest absolute Gasteiger partial charge is 0.465 e. The van der Waals surface area contributed by atoms with Gasteiger partial charge in [-0.05, 0) is 64.2 Å². The second kappa shape index (κ2) is 8.52. The van der Waals surface area contributed by atoms with Crippen LogP contribution < -0.4 is 10.0 Å². The first-order valence-corrected chi connectivity index (χ1v) is 12.0. The number of methoxy groups -OCH3 is 1. The highest BCUT2D eigenvalue weighted by Gasteiger charge is 2.29. The fourth-order valence-corrected chi connectivity index (χ4v) is 5.98. The molecule has 2 heterocycles. The van der Waals surface area contributed by atoms with E-state index in [1.165, 1.54) is 30.6 Å². The summed E-state index contributed by atoms with van der Waals surface area (Å²) in [6, 6.07) is 2.52. The molecule has 8 nitrogen and oxygen atoms in total. The quantitative estimate of drug-likeness (QED) is 0.526. The van der Waals surface area contributed by atoms with E-state index in [0.29, 0.717) is 10.6 Å². The van der Waals surface area contributed by atoms with Crippen molar-refractivity contribution in [3.05, 3.63) is 33.9 Å². The number of ether oxygens (including phenoxy) is 1. The molecule has 0 bridgehead atoms. The monoisotopic (exact) mass is 454 g/mol. The second-order valence-electron chi connectivity index (χ2n) is 8.19. The molecule has 10 heteroatoms. The van der Waals surface area contributed by atoms with Crippen molar-refractivity contribution in [2.75, 3.05) is 12.4 Å². The molecular weight excluding hydrogens is 428 g/mol. The van der Waals surface area contributed by atoms with Crippen LogP contribution in [-0.2, 0) is 27.6 Å². The second-order valence-corrected chi connectivity index (χ2v) is 10.9. The normalized spacial score (nSPS) is 14.7. The average molecular weight is 455 g/mol. The molecule has 0 spiro atoms. The number of carbonyl (C=O) groups excluding carboxylic acids is 2. The van der Waals surface area contributed by atoms with Crippen LogP contribution in [0.5, 0.6) is 0 Å². The lowest BCUT2D eigenvalue weighted by Crippen LogP contribution is -2.40. The number of hydrogen-bond donors (Lipinski definition) is 2. The Kier molecular flexibility index (Phi) is 6.40. The molecule has 0 aliphatic heterocycles. The topological polar surface area (TPSA) is 115 Å². The molecule has 164 valence electrons. The number of sulfonamides is 1. The van der Waals surface area contributed by atoms with E-state index in [1.54, 1.807) is 20.8 Å². The van der Waals surface area contributed by atoms with Gasteiger partial charge in [0.15, 0.2) is 5.76 Å². The van der Waals surface area contributed by atoms with E-state index in [1.807, 2.05) is 0 Å². The van der Waals surface area contributed by atoms with Crippen LogP contribution in [0.3, 0.4) is 0 Å². The summed E-state index contributed by atoms with van der Waals surface area (Å²) in [6.07, 6.45) is 4.70. The third-order valence-corrected chi connectivity index (χ3v) is 7.39. The molecule has 0 saturated heterocycles. The van der Waals surface area contributed by atoms with Crippen LogP contribution in [0.2, 0.25) is 0 Å². The maximum Gasteiger partial charge on any atom is 0.341 e. The van der Waals surface area contributed by atoms with Crippen molar-refractivity contribution in [2.45, 2.75) is 63.5 Å². The molecule has 1 amide bonds. The number of thiophene rings is 1. The number of aryl methyl sites for hydroxylation is 1. The molecule has 0 fully saturated rings. The molecule has 0 radical (unpaired) electrons. The van der Waals surface area contributed by atoms with Crippen LogP contribution >= 0.6 is 11.3 Å². The molecule has 1 aliphatic carbocycles. The fourth-order valence-electron chi connectivity index (χ4n) is 3.35. The highest BCUT2D eigenvalue weighted by Crippen LogP contribution is 2.38. The summed E-state index contributed by atoms with van der Waals surface area (Å²) in [7, 11) is -2.60. The summed E-state index contributed by atoms with van der Waals surface area (Å²) in [6.45, 7) is 5.11.